The van der Waals surface area contributed by atoms with E-state index in [0.717, 1.165) is 12.2 Å². The lowest BCUT2D eigenvalue weighted by molar-refractivity contribution is -0.139. The van der Waals surface area contributed by atoms with Crippen molar-refractivity contribution >= 4 is 17.5 Å². The quantitative estimate of drug-likeness (QED) is 0.692. The Morgan fingerprint density at radius 1 is 1.07 bits per heavy atom. The van der Waals surface area contributed by atoms with E-state index in [0.29, 0.717) is 38.4 Å². The van der Waals surface area contributed by atoms with Crippen molar-refractivity contribution in [1.82, 2.24) is 15.5 Å². The molecular formula is C21H27FN4O3. The van der Waals surface area contributed by atoms with Crippen molar-refractivity contribution < 1.29 is 18.4 Å². The van der Waals surface area contributed by atoms with Gasteiger partial charge < -0.3 is 20.0 Å². The number of piperazine rings is 1. The van der Waals surface area contributed by atoms with E-state index in [-0.39, 0.29) is 18.4 Å². The number of benzene rings is 1. The third-order valence-corrected chi connectivity index (χ3v) is 5.02. The molecule has 0 radical (unpaired) electrons. The molecular weight excluding hydrogens is 375 g/mol. The van der Waals surface area contributed by atoms with Crippen LogP contribution in [0.15, 0.2) is 47.1 Å². The van der Waals surface area contributed by atoms with Crippen LogP contribution in [0.4, 0.5) is 10.1 Å². The van der Waals surface area contributed by atoms with E-state index >= 15 is 0 Å². The van der Waals surface area contributed by atoms with E-state index in [9.17, 15) is 14.0 Å². The van der Waals surface area contributed by atoms with Crippen molar-refractivity contribution in [3.63, 3.8) is 0 Å². The Labute approximate surface area is 169 Å². The summed E-state index contributed by atoms with van der Waals surface area (Å²) in [6.07, 6.45) is 2.36. The first-order chi connectivity index (χ1) is 14.1. The van der Waals surface area contributed by atoms with Crippen LogP contribution in [-0.2, 0) is 9.59 Å². The van der Waals surface area contributed by atoms with Crippen LogP contribution >= 0.6 is 0 Å². The highest BCUT2D eigenvalue weighted by atomic mass is 19.1. The zero-order chi connectivity index (χ0) is 20.6. The molecule has 1 unspecified atom stereocenters. The molecule has 1 aliphatic rings. The zero-order valence-electron chi connectivity index (χ0n) is 16.6. The summed E-state index contributed by atoms with van der Waals surface area (Å²) in [7, 11) is 0. The molecule has 8 heteroatoms. The summed E-state index contributed by atoms with van der Waals surface area (Å²) in [5.74, 6) is -0.790. The van der Waals surface area contributed by atoms with Crippen molar-refractivity contribution in [2.45, 2.75) is 19.4 Å². The molecule has 7 nitrogen and oxygen atoms in total. The van der Waals surface area contributed by atoms with Gasteiger partial charge in [-0.2, -0.15) is 0 Å². The number of anilines is 1. The molecule has 0 saturated carbocycles. The van der Waals surface area contributed by atoms with Crippen LogP contribution in [-0.4, -0.2) is 56.0 Å². The van der Waals surface area contributed by atoms with Crippen LogP contribution in [0.25, 0.3) is 0 Å². The molecule has 1 aromatic carbocycles. The van der Waals surface area contributed by atoms with E-state index in [1.165, 1.54) is 6.07 Å². The van der Waals surface area contributed by atoms with E-state index in [1.54, 1.807) is 24.5 Å². The number of rotatable bonds is 7. The highest BCUT2D eigenvalue weighted by molar-refractivity contribution is 6.35. The fourth-order valence-corrected chi connectivity index (χ4v) is 3.46. The van der Waals surface area contributed by atoms with Gasteiger partial charge in [0.25, 0.3) is 0 Å². The predicted molar refractivity (Wildman–Crippen MR) is 108 cm³/mol. The molecule has 0 bridgehead atoms. The topological polar surface area (TPSA) is 77.8 Å². The number of hydrogen-bond acceptors (Lipinski definition) is 5. The third-order valence-electron chi connectivity index (χ3n) is 5.02. The summed E-state index contributed by atoms with van der Waals surface area (Å²) in [4.78, 5) is 28.1. The molecule has 2 N–H and O–H groups in total. The van der Waals surface area contributed by atoms with Gasteiger partial charge in [0.2, 0.25) is 0 Å². The highest BCUT2D eigenvalue weighted by Crippen LogP contribution is 2.25. The second-order valence-corrected chi connectivity index (χ2v) is 6.97. The summed E-state index contributed by atoms with van der Waals surface area (Å²) < 4.78 is 19.6. The lowest BCUT2D eigenvalue weighted by atomic mass is 10.1. The van der Waals surface area contributed by atoms with Gasteiger partial charge in [0.05, 0.1) is 18.0 Å². The van der Waals surface area contributed by atoms with Gasteiger partial charge >= 0.3 is 11.8 Å². The second kappa shape index (κ2) is 10.1. The molecule has 1 saturated heterocycles. The van der Waals surface area contributed by atoms with Gasteiger partial charge in [0, 0.05) is 39.3 Å². The van der Waals surface area contributed by atoms with E-state index < -0.39 is 11.8 Å². The number of hydrogen-bond donors (Lipinski definition) is 2. The third kappa shape index (κ3) is 5.35. The Bertz CT molecular complexity index is 804. The second-order valence-electron chi connectivity index (χ2n) is 6.97. The lowest BCUT2D eigenvalue weighted by Crippen LogP contribution is -2.51. The number of amides is 2. The van der Waals surface area contributed by atoms with Gasteiger partial charge in [-0.15, -0.1) is 0 Å². The number of carbonyl (C=O) groups is 2. The summed E-state index contributed by atoms with van der Waals surface area (Å²) in [5.41, 5.74) is 0.600. The molecule has 1 fully saturated rings. The zero-order valence-corrected chi connectivity index (χ0v) is 16.6. The van der Waals surface area contributed by atoms with Gasteiger partial charge in [-0.1, -0.05) is 19.1 Å². The standard InChI is InChI=1S/C21H27FN4O3/c1-2-9-23-20(27)21(28)24-15-18(19-8-5-14-29-19)26-12-10-25(11-13-26)17-7-4-3-6-16(17)22/h3-8,14,18H,2,9-13,15H2,1H3,(H,23,27)(H,24,28). The van der Waals surface area contributed by atoms with Crippen LogP contribution in [0.2, 0.25) is 0 Å². The Morgan fingerprint density at radius 3 is 2.45 bits per heavy atom. The molecule has 2 aromatic rings. The average Bonchev–Trinajstić information content (AvgIpc) is 3.27. The van der Waals surface area contributed by atoms with Crippen molar-refractivity contribution in [3.8, 4) is 0 Å². The van der Waals surface area contributed by atoms with Crippen molar-refractivity contribution in [1.29, 1.82) is 0 Å². The fraction of sp³-hybridized carbons (Fsp3) is 0.429. The molecule has 156 valence electrons. The highest BCUT2D eigenvalue weighted by Gasteiger charge is 2.28. The first kappa shape index (κ1) is 20.9. The molecule has 2 heterocycles. The Morgan fingerprint density at radius 2 is 1.79 bits per heavy atom. The first-order valence-electron chi connectivity index (χ1n) is 9.93. The van der Waals surface area contributed by atoms with E-state index in [1.807, 2.05) is 24.0 Å². The van der Waals surface area contributed by atoms with Gasteiger partial charge in [0.1, 0.15) is 11.6 Å². The molecule has 1 aliphatic heterocycles. The van der Waals surface area contributed by atoms with E-state index in [4.69, 9.17) is 4.42 Å². The summed E-state index contributed by atoms with van der Waals surface area (Å²) in [6, 6.07) is 10.2. The van der Waals surface area contributed by atoms with Crippen molar-refractivity contribution in [2.75, 3.05) is 44.2 Å². The maximum atomic E-state index is 14.1. The minimum Gasteiger partial charge on any atom is -0.468 e. The molecule has 1 atom stereocenters. The van der Waals surface area contributed by atoms with Gasteiger partial charge in [-0.05, 0) is 30.7 Å². The Kier molecular flexibility index (Phi) is 7.24. The Hall–Kier alpha value is -2.87. The van der Waals surface area contributed by atoms with Gasteiger partial charge in [-0.3, -0.25) is 14.5 Å². The molecule has 2 amide bonds. The summed E-state index contributed by atoms with van der Waals surface area (Å²) >= 11 is 0. The number of nitrogens with one attached hydrogen (secondary N) is 2. The normalized spacial score (nSPS) is 15.7. The lowest BCUT2D eigenvalue weighted by Gasteiger charge is -2.39. The SMILES string of the molecule is CCCNC(=O)C(=O)NCC(c1ccco1)N1CCN(c2ccccc2F)CC1. The molecule has 3 rings (SSSR count). The van der Waals surface area contributed by atoms with Crippen LogP contribution in [0.5, 0.6) is 0 Å². The van der Waals surface area contributed by atoms with Gasteiger partial charge in [-0.25, -0.2) is 4.39 Å². The maximum absolute atomic E-state index is 14.1. The summed E-state index contributed by atoms with van der Waals surface area (Å²) in [5, 5.41) is 5.27. The van der Waals surface area contributed by atoms with Crippen LogP contribution in [0.3, 0.4) is 0 Å². The summed E-state index contributed by atoms with van der Waals surface area (Å²) in [6.45, 7) is 5.31. The monoisotopic (exact) mass is 402 g/mol. The molecule has 29 heavy (non-hydrogen) atoms. The predicted octanol–water partition coefficient (Wildman–Crippen LogP) is 1.92. The van der Waals surface area contributed by atoms with Crippen molar-refractivity contribution in [3.05, 3.63) is 54.2 Å². The number of furan rings is 1. The fourth-order valence-electron chi connectivity index (χ4n) is 3.46. The smallest absolute Gasteiger partial charge is 0.309 e. The van der Waals surface area contributed by atoms with E-state index in [2.05, 4.69) is 15.5 Å². The van der Waals surface area contributed by atoms with Gasteiger partial charge in [0.15, 0.2) is 0 Å². The Balaban J connectivity index is 1.61. The first-order valence-corrected chi connectivity index (χ1v) is 9.93. The number of para-hydroxylation sites is 1. The van der Waals surface area contributed by atoms with Crippen molar-refractivity contribution in [2.24, 2.45) is 0 Å². The molecule has 1 aromatic heterocycles. The minimum atomic E-state index is -0.653. The van der Waals surface area contributed by atoms with Crippen LogP contribution in [0, 0.1) is 5.82 Å². The average molecular weight is 402 g/mol. The largest absolute Gasteiger partial charge is 0.468 e. The molecule has 0 spiro atoms. The van der Waals surface area contributed by atoms with Crippen LogP contribution < -0.4 is 15.5 Å². The minimum absolute atomic E-state index is 0.198. The van der Waals surface area contributed by atoms with Crippen LogP contribution in [0.1, 0.15) is 25.1 Å². The number of nitrogens with zero attached hydrogens (tertiary/aromatic N) is 2. The maximum Gasteiger partial charge on any atom is 0.309 e. The molecule has 0 aliphatic carbocycles. The number of carbonyl (C=O) groups excluding carboxylic acids is 2. The number of halogens is 1.